The molecule has 2 fully saturated rings. The maximum absolute atomic E-state index is 9.89. The van der Waals surface area contributed by atoms with Gasteiger partial charge in [-0.15, -0.1) is 0 Å². The number of hydrogen-bond acceptors (Lipinski definition) is 8. The molecule has 1 N–H and O–H groups in total. The molecule has 0 aromatic carbocycles. The second-order valence-corrected chi connectivity index (χ2v) is 7.71. The van der Waals surface area contributed by atoms with Crippen molar-refractivity contribution in [1.29, 1.82) is 0 Å². The van der Waals surface area contributed by atoms with E-state index in [1.54, 1.807) is 13.8 Å². The van der Waals surface area contributed by atoms with Gasteiger partial charge in [0, 0.05) is 0 Å². The Hall–Kier alpha value is 0.0400. The third-order valence-electron chi connectivity index (χ3n) is 3.38. The van der Waals surface area contributed by atoms with E-state index in [0.29, 0.717) is 17.6 Å². The van der Waals surface area contributed by atoms with Crippen LogP contribution in [0.5, 0.6) is 0 Å². The van der Waals surface area contributed by atoms with Gasteiger partial charge in [-0.25, -0.2) is 0 Å². The number of aliphatic hydroxyl groups is 1. The lowest BCUT2D eigenvalue weighted by atomic mass is 10.1. The topological polar surface area (TPSA) is 66.4 Å². The normalized spacial score (nSPS) is 34.8. The summed E-state index contributed by atoms with van der Waals surface area (Å²) in [5.41, 5.74) is 0. The molecule has 0 aromatic rings. The lowest BCUT2D eigenvalue weighted by molar-refractivity contribution is -0.217. The number of ether oxygens (including phenoxy) is 5. The van der Waals surface area contributed by atoms with Gasteiger partial charge < -0.3 is 28.8 Å². The highest BCUT2D eigenvalue weighted by atomic mass is 32.2. The van der Waals surface area contributed by atoms with Gasteiger partial charge in [0.1, 0.15) is 18.3 Å². The van der Waals surface area contributed by atoms with Gasteiger partial charge >= 0.3 is 0 Å². The van der Waals surface area contributed by atoms with E-state index in [-0.39, 0.29) is 12.2 Å². The first-order chi connectivity index (χ1) is 10.1. The van der Waals surface area contributed by atoms with E-state index in [9.17, 15) is 5.11 Å². The fourth-order valence-electron chi connectivity index (χ4n) is 2.58. The predicted molar refractivity (Wildman–Crippen MR) is 86.8 cm³/mol. The van der Waals surface area contributed by atoms with Gasteiger partial charge in [0.15, 0.2) is 17.7 Å². The molecule has 8 heteroatoms. The summed E-state index contributed by atoms with van der Waals surface area (Å²) < 4.78 is 29.1. The van der Waals surface area contributed by atoms with Gasteiger partial charge in [0.25, 0.3) is 0 Å². The average molecular weight is 352 g/mol. The summed E-state index contributed by atoms with van der Waals surface area (Å²) in [5, 5.41) is 9.89. The molecule has 4 atom stereocenters. The van der Waals surface area contributed by atoms with E-state index in [4.69, 9.17) is 35.9 Å². The number of thiocarbonyl (C=S) groups is 1. The number of hydrogen-bond donors (Lipinski definition) is 1. The molecular formula is C14H24O6S2. The molecule has 2 heterocycles. The summed E-state index contributed by atoms with van der Waals surface area (Å²) in [5.74, 6) is -1.93. The maximum atomic E-state index is 9.89. The predicted octanol–water partition coefficient (Wildman–Crippen LogP) is 1.68. The van der Waals surface area contributed by atoms with Gasteiger partial charge in [-0.2, -0.15) is 0 Å². The van der Waals surface area contributed by atoms with Crippen LogP contribution in [0.25, 0.3) is 0 Å². The van der Waals surface area contributed by atoms with Crippen molar-refractivity contribution < 1.29 is 28.8 Å². The first-order valence-corrected chi connectivity index (χ1v) is 8.83. The number of rotatable bonds is 4. The molecule has 2 unspecified atom stereocenters. The van der Waals surface area contributed by atoms with Crippen LogP contribution in [0.4, 0.5) is 0 Å². The quantitative estimate of drug-likeness (QED) is 0.606. The van der Waals surface area contributed by atoms with Crippen LogP contribution in [0, 0.1) is 0 Å². The molecule has 0 radical (unpaired) electrons. The zero-order valence-electron chi connectivity index (χ0n) is 13.5. The third kappa shape index (κ3) is 4.77. The molecule has 2 rings (SSSR count). The minimum atomic E-state index is -1.28. The Morgan fingerprint density at radius 1 is 1.36 bits per heavy atom. The van der Waals surface area contributed by atoms with Crippen LogP contribution >= 0.6 is 24.0 Å². The Bertz CT molecular complexity index is 409. The third-order valence-corrected chi connectivity index (χ3v) is 4.40. The zero-order chi connectivity index (χ0) is 16.5. The van der Waals surface area contributed by atoms with Crippen molar-refractivity contribution in [3.63, 3.8) is 0 Å². The highest BCUT2D eigenvalue weighted by molar-refractivity contribution is 8.22. The summed E-state index contributed by atoms with van der Waals surface area (Å²) in [6, 6.07) is 0. The van der Waals surface area contributed by atoms with Crippen molar-refractivity contribution in [2.45, 2.75) is 63.7 Å². The smallest absolute Gasteiger partial charge is 0.220 e. The largest absolute Gasteiger partial charge is 0.470 e. The van der Waals surface area contributed by atoms with Crippen LogP contribution in [0.2, 0.25) is 0 Å². The monoisotopic (exact) mass is 352 g/mol. The van der Waals surface area contributed by atoms with Crippen molar-refractivity contribution in [3.05, 3.63) is 0 Å². The van der Waals surface area contributed by atoms with Crippen LogP contribution in [0.15, 0.2) is 0 Å². The molecule has 2 aliphatic heterocycles. The van der Waals surface area contributed by atoms with E-state index in [1.807, 2.05) is 20.1 Å². The van der Waals surface area contributed by atoms with Crippen molar-refractivity contribution in [3.8, 4) is 0 Å². The number of thioether (sulfide) groups is 1. The lowest BCUT2D eigenvalue weighted by Crippen LogP contribution is -2.46. The molecule has 2 aliphatic rings. The zero-order valence-corrected chi connectivity index (χ0v) is 15.2. The fourth-order valence-corrected chi connectivity index (χ4v) is 2.90. The Balaban J connectivity index is 2.09. The molecular weight excluding hydrogens is 328 g/mol. The summed E-state index contributed by atoms with van der Waals surface area (Å²) in [6.07, 6.45) is 0.340. The highest BCUT2D eigenvalue weighted by Gasteiger charge is 2.50. The SMILES string of the molecule is CSC(=S)O[C@H]1C(C2COC(C)(C)O2)OC[C@@H]1OC(C)(C)O. The standard InChI is InChI=1S/C14H24O6S2/c1-13(2,15)19-8-6-16-10(11(8)18-12(21)22-5)9-7-17-14(3,4)20-9/h8-11,15H,6-7H2,1-5H3/t8-,9?,10?,11+/m0/s1. The van der Waals surface area contributed by atoms with E-state index in [2.05, 4.69) is 0 Å². The minimum absolute atomic E-state index is 0.264. The molecule has 0 saturated carbocycles. The van der Waals surface area contributed by atoms with E-state index >= 15 is 0 Å². The molecule has 6 nitrogen and oxygen atoms in total. The molecule has 0 amide bonds. The summed E-state index contributed by atoms with van der Waals surface area (Å²) in [4.78, 5) is 0. The van der Waals surface area contributed by atoms with Gasteiger partial charge in [0.2, 0.25) is 4.38 Å². The molecule has 128 valence electrons. The Labute approximate surface area is 140 Å². The maximum Gasteiger partial charge on any atom is 0.220 e. The van der Waals surface area contributed by atoms with Gasteiger partial charge in [0.05, 0.1) is 13.2 Å². The average Bonchev–Trinajstić information content (AvgIpc) is 2.91. The summed E-state index contributed by atoms with van der Waals surface area (Å²) in [7, 11) is 0. The summed E-state index contributed by atoms with van der Waals surface area (Å²) in [6.45, 7) is 7.57. The van der Waals surface area contributed by atoms with E-state index < -0.39 is 23.8 Å². The second-order valence-electron chi connectivity index (χ2n) is 6.30. The molecule has 2 saturated heterocycles. The van der Waals surface area contributed by atoms with Crippen molar-refractivity contribution in [1.82, 2.24) is 0 Å². The van der Waals surface area contributed by atoms with Crippen LogP contribution < -0.4 is 0 Å². The Morgan fingerprint density at radius 3 is 2.55 bits per heavy atom. The molecule has 0 bridgehead atoms. The van der Waals surface area contributed by atoms with Crippen LogP contribution in [-0.2, 0) is 23.7 Å². The summed E-state index contributed by atoms with van der Waals surface area (Å²) >= 11 is 6.49. The van der Waals surface area contributed by atoms with Gasteiger partial charge in [-0.3, -0.25) is 0 Å². The van der Waals surface area contributed by atoms with Crippen molar-refractivity contribution in [2.75, 3.05) is 19.5 Å². The highest BCUT2D eigenvalue weighted by Crippen LogP contribution is 2.33. The van der Waals surface area contributed by atoms with Crippen molar-refractivity contribution >= 4 is 28.4 Å². The van der Waals surface area contributed by atoms with Crippen LogP contribution in [-0.4, -0.2) is 64.9 Å². The minimum Gasteiger partial charge on any atom is -0.470 e. The first-order valence-electron chi connectivity index (χ1n) is 7.19. The Kier molecular flexibility index (Phi) is 5.75. The van der Waals surface area contributed by atoms with Crippen molar-refractivity contribution in [2.24, 2.45) is 0 Å². The van der Waals surface area contributed by atoms with Crippen LogP contribution in [0.3, 0.4) is 0 Å². The molecule has 0 spiro atoms. The fraction of sp³-hybridized carbons (Fsp3) is 0.929. The second kappa shape index (κ2) is 6.88. The van der Waals surface area contributed by atoms with E-state index in [0.717, 1.165) is 0 Å². The van der Waals surface area contributed by atoms with Gasteiger partial charge in [-0.05, 0) is 46.2 Å². The first kappa shape index (κ1) is 18.4. The Morgan fingerprint density at radius 2 is 2.05 bits per heavy atom. The lowest BCUT2D eigenvalue weighted by Gasteiger charge is -2.30. The van der Waals surface area contributed by atoms with Gasteiger partial charge in [-0.1, -0.05) is 11.8 Å². The van der Waals surface area contributed by atoms with Crippen LogP contribution in [0.1, 0.15) is 27.7 Å². The van der Waals surface area contributed by atoms with E-state index in [1.165, 1.54) is 11.8 Å². The molecule has 0 aromatic heterocycles. The molecule has 0 aliphatic carbocycles. The molecule has 22 heavy (non-hydrogen) atoms.